The average molecular weight is 241 g/mol. The average Bonchev–Trinajstić information content (AvgIpc) is 2.65. The fourth-order valence-electron chi connectivity index (χ4n) is 2.99. The lowest BCUT2D eigenvalue weighted by molar-refractivity contribution is 0.0468. The summed E-state index contributed by atoms with van der Waals surface area (Å²) in [7, 11) is 0. The van der Waals surface area contributed by atoms with Gasteiger partial charge < -0.3 is 15.7 Å². The van der Waals surface area contributed by atoms with E-state index in [1.165, 1.54) is 45.4 Å². The van der Waals surface area contributed by atoms with Gasteiger partial charge in [-0.2, -0.15) is 0 Å². The quantitative estimate of drug-likeness (QED) is 0.741. The molecule has 0 aliphatic carbocycles. The van der Waals surface area contributed by atoms with Gasteiger partial charge in [-0.15, -0.1) is 0 Å². The minimum atomic E-state index is -0.693. The number of rotatable bonds is 4. The van der Waals surface area contributed by atoms with Crippen LogP contribution < -0.4 is 5.73 Å². The van der Waals surface area contributed by atoms with Gasteiger partial charge in [-0.25, -0.2) is 0 Å². The highest BCUT2D eigenvalue weighted by Gasteiger charge is 2.29. The van der Waals surface area contributed by atoms with Crippen LogP contribution in [0.5, 0.6) is 0 Å². The van der Waals surface area contributed by atoms with E-state index in [4.69, 9.17) is 5.73 Å². The third-order valence-electron chi connectivity index (χ3n) is 4.29. The van der Waals surface area contributed by atoms with Gasteiger partial charge in [-0.1, -0.05) is 0 Å². The molecule has 0 amide bonds. The molecule has 0 aromatic heterocycles. The Morgan fingerprint density at radius 1 is 1.29 bits per heavy atom. The Kier molecular flexibility index (Phi) is 4.42. The molecular weight excluding hydrogens is 214 g/mol. The van der Waals surface area contributed by atoms with Gasteiger partial charge >= 0.3 is 0 Å². The minimum Gasteiger partial charge on any atom is -0.389 e. The Balaban J connectivity index is 1.80. The van der Waals surface area contributed by atoms with Crippen molar-refractivity contribution in [2.24, 2.45) is 5.73 Å². The molecule has 100 valence electrons. The summed E-state index contributed by atoms with van der Waals surface area (Å²) in [6.45, 7) is 8.08. The van der Waals surface area contributed by atoms with Crippen LogP contribution in [0, 0.1) is 0 Å². The zero-order valence-electron chi connectivity index (χ0n) is 11.1. The van der Waals surface area contributed by atoms with E-state index in [2.05, 4.69) is 9.80 Å². The van der Waals surface area contributed by atoms with E-state index < -0.39 is 5.60 Å². The van der Waals surface area contributed by atoms with E-state index in [0.29, 0.717) is 6.54 Å². The number of fused-ring (bicyclic) bond motifs is 1. The van der Waals surface area contributed by atoms with Crippen molar-refractivity contribution >= 4 is 0 Å². The monoisotopic (exact) mass is 241 g/mol. The zero-order chi connectivity index (χ0) is 12.3. The van der Waals surface area contributed by atoms with Crippen molar-refractivity contribution in [3.8, 4) is 0 Å². The summed E-state index contributed by atoms with van der Waals surface area (Å²) >= 11 is 0. The lowest BCUT2D eigenvalue weighted by Gasteiger charge is -2.28. The number of hydrogen-bond donors (Lipinski definition) is 2. The standard InChI is InChI=1S/C13H27N3O/c1-13(17,11-14)5-9-15-6-3-8-16-7-2-4-12(16)10-15/h12,17H,2-11,14H2,1H3. The van der Waals surface area contributed by atoms with Gasteiger partial charge in [0.1, 0.15) is 0 Å². The molecule has 0 aromatic rings. The van der Waals surface area contributed by atoms with Crippen molar-refractivity contribution in [3.63, 3.8) is 0 Å². The zero-order valence-corrected chi connectivity index (χ0v) is 11.1. The van der Waals surface area contributed by atoms with Gasteiger partial charge in [0.2, 0.25) is 0 Å². The summed E-state index contributed by atoms with van der Waals surface area (Å²) in [6.07, 6.45) is 4.76. The van der Waals surface area contributed by atoms with E-state index in [1.54, 1.807) is 0 Å². The maximum Gasteiger partial charge on any atom is 0.0753 e. The molecule has 2 rings (SSSR count). The van der Waals surface area contributed by atoms with Crippen LogP contribution in [0.3, 0.4) is 0 Å². The third-order valence-corrected chi connectivity index (χ3v) is 4.29. The molecule has 0 saturated carbocycles. The Bertz CT molecular complexity index is 245. The minimum absolute atomic E-state index is 0.358. The number of aliphatic hydroxyl groups is 1. The summed E-state index contributed by atoms with van der Waals surface area (Å²) in [6, 6.07) is 0.764. The fourth-order valence-corrected chi connectivity index (χ4v) is 2.99. The second-order valence-electron chi connectivity index (χ2n) is 5.94. The summed E-state index contributed by atoms with van der Waals surface area (Å²) in [4.78, 5) is 5.15. The molecule has 4 heteroatoms. The fraction of sp³-hybridized carbons (Fsp3) is 1.00. The Hall–Kier alpha value is -0.160. The molecule has 2 saturated heterocycles. The van der Waals surface area contributed by atoms with Gasteiger partial charge in [0.15, 0.2) is 0 Å². The van der Waals surface area contributed by atoms with E-state index in [-0.39, 0.29) is 0 Å². The van der Waals surface area contributed by atoms with Crippen molar-refractivity contribution in [1.29, 1.82) is 0 Å². The van der Waals surface area contributed by atoms with Crippen molar-refractivity contribution in [1.82, 2.24) is 9.80 Å². The second kappa shape index (κ2) is 5.65. The highest BCUT2D eigenvalue weighted by Crippen LogP contribution is 2.21. The van der Waals surface area contributed by atoms with E-state index >= 15 is 0 Å². The Morgan fingerprint density at radius 2 is 2.06 bits per heavy atom. The predicted molar refractivity (Wildman–Crippen MR) is 69.9 cm³/mol. The predicted octanol–water partition coefficient (Wildman–Crippen LogP) is 0.256. The van der Waals surface area contributed by atoms with Crippen LogP contribution in [0.25, 0.3) is 0 Å². The molecule has 0 radical (unpaired) electrons. The van der Waals surface area contributed by atoms with Crippen LogP contribution in [-0.2, 0) is 0 Å². The maximum absolute atomic E-state index is 9.95. The normalized spacial score (nSPS) is 30.9. The second-order valence-corrected chi connectivity index (χ2v) is 5.94. The number of nitrogens with zero attached hydrogens (tertiary/aromatic N) is 2. The lowest BCUT2D eigenvalue weighted by Crippen LogP contribution is -2.41. The van der Waals surface area contributed by atoms with Crippen molar-refractivity contribution in [2.75, 3.05) is 39.3 Å². The molecule has 0 aromatic carbocycles. The molecule has 17 heavy (non-hydrogen) atoms. The smallest absolute Gasteiger partial charge is 0.0753 e. The van der Waals surface area contributed by atoms with E-state index in [0.717, 1.165) is 19.0 Å². The van der Waals surface area contributed by atoms with Gasteiger partial charge in [0.25, 0.3) is 0 Å². The molecule has 2 aliphatic heterocycles. The first kappa shape index (κ1) is 13.3. The van der Waals surface area contributed by atoms with Crippen molar-refractivity contribution in [3.05, 3.63) is 0 Å². The van der Waals surface area contributed by atoms with E-state index in [9.17, 15) is 5.11 Å². The van der Waals surface area contributed by atoms with Crippen LogP contribution in [0.1, 0.15) is 32.6 Å². The topological polar surface area (TPSA) is 52.7 Å². The molecule has 0 bridgehead atoms. The molecule has 2 fully saturated rings. The number of hydrogen-bond acceptors (Lipinski definition) is 4. The van der Waals surface area contributed by atoms with Crippen LogP contribution in [0.15, 0.2) is 0 Å². The molecular formula is C13H27N3O. The summed E-state index contributed by atoms with van der Waals surface area (Å²) in [5, 5.41) is 9.95. The molecule has 4 nitrogen and oxygen atoms in total. The van der Waals surface area contributed by atoms with Gasteiger partial charge in [0, 0.05) is 25.7 Å². The molecule has 2 atom stereocenters. The van der Waals surface area contributed by atoms with Gasteiger partial charge in [-0.05, 0) is 52.2 Å². The van der Waals surface area contributed by atoms with Crippen LogP contribution >= 0.6 is 0 Å². The summed E-state index contributed by atoms with van der Waals surface area (Å²) in [5.41, 5.74) is 4.87. The molecule has 2 aliphatic rings. The van der Waals surface area contributed by atoms with Crippen LogP contribution in [0.2, 0.25) is 0 Å². The molecule has 3 N–H and O–H groups in total. The lowest BCUT2D eigenvalue weighted by atomic mass is 10.0. The molecule has 0 spiro atoms. The highest BCUT2D eigenvalue weighted by atomic mass is 16.3. The first-order valence-electron chi connectivity index (χ1n) is 6.99. The van der Waals surface area contributed by atoms with Gasteiger partial charge in [0.05, 0.1) is 5.60 Å². The first-order valence-corrected chi connectivity index (χ1v) is 6.99. The van der Waals surface area contributed by atoms with Crippen LogP contribution in [-0.4, -0.2) is 65.8 Å². The highest BCUT2D eigenvalue weighted by molar-refractivity contribution is 4.86. The molecule has 2 heterocycles. The third kappa shape index (κ3) is 3.65. The van der Waals surface area contributed by atoms with E-state index in [1.807, 2.05) is 6.92 Å². The van der Waals surface area contributed by atoms with Crippen molar-refractivity contribution < 1.29 is 5.11 Å². The molecule has 2 unspecified atom stereocenters. The summed E-state index contributed by atoms with van der Waals surface area (Å²) < 4.78 is 0. The maximum atomic E-state index is 9.95. The van der Waals surface area contributed by atoms with Crippen LogP contribution in [0.4, 0.5) is 0 Å². The Labute approximate surface area is 105 Å². The first-order chi connectivity index (χ1) is 8.11. The summed E-state index contributed by atoms with van der Waals surface area (Å²) in [5.74, 6) is 0. The largest absolute Gasteiger partial charge is 0.389 e. The van der Waals surface area contributed by atoms with Gasteiger partial charge in [-0.3, -0.25) is 4.90 Å². The van der Waals surface area contributed by atoms with Crippen molar-refractivity contribution in [2.45, 2.75) is 44.2 Å². The Morgan fingerprint density at radius 3 is 2.82 bits per heavy atom. The SMILES string of the molecule is CC(O)(CN)CCN1CCCN2CCCC2C1. The number of nitrogens with two attached hydrogens (primary N) is 1.